The molecule has 1 saturated carbocycles. The third kappa shape index (κ3) is 4.86. The summed E-state index contributed by atoms with van der Waals surface area (Å²) in [6, 6.07) is 4.40. The van der Waals surface area contributed by atoms with Gasteiger partial charge in [0.15, 0.2) is 0 Å². The predicted octanol–water partition coefficient (Wildman–Crippen LogP) is 5.68. The van der Waals surface area contributed by atoms with Crippen LogP contribution in [-0.2, 0) is 17.4 Å². The van der Waals surface area contributed by atoms with Gasteiger partial charge >= 0.3 is 6.18 Å². The number of hydrogen-bond acceptors (Lipinski definition) is 3. The van der Waals surface area contributed by atoms with E-state index in [1.54, 1.807) is 4.68 Å². The van der Waals surface area contributed by atoms with E-state index < -0.39 is 52.6 Å². The zero-order chi connectivity index (χ0) is 23.8. The monoisotopic (exact) mass is 468 g/mol. The molecule has 11 heteroatoms. The number of benzene rings is 2. The molecule has 0 unspecified atom stereocenters. The molecule has 3 aromatic rings. The Hall–Kier alpha value is -3.37. The lowest BCUT2D eigenvalue weighted by Gasteiger charge is -2.12. The molecule has 5 nitrogen and oxygen atoms in total. The van der Waals surface area contributed by atoms with Gasteiger partial charge in [0.25, 0.3) is 0 Å². The third-order valence-electron chi connectivity index (χ3n) is 5.53. The van der Waals surface area contributed by atoms with Gasteiger partial charge in [-0.3, -0.25) is 4.79 Å². The summed E-state index contributed by atoms with van der Waals surface area (Å²) in [7, 11) is 0. The number of rotatable bonds is 5. The second-order valence-electron chi connectivity index (χ2n) is 7.84. The minimum absolute atomic E-state index is 0.000753. The van der Waals surface area contributed by atoms with Crippen molar-refractivity contribution in [3.8, 4) is 11.3 Å². The molecule has 2 aromatic carbocycles. The molecule has 33 heavy (non-hydrogen) atoms. The van der Waals surface area contributed by atoms with Gasteiger partial charge in [0.05, 0.1) is 29.8 Å². The molecular formula is C22H18F6N4O. The molecule has 1 aromatic heterocycles. The van der Waals surface area contributed by atoms with Crippen molar-refractivity contribution in [2.75, 3.05) is 5.32 Å². The Kier molecular flexibility index (Phi) is 6.13. The Bertz CT molecular complexity index is 1160. The van der Waals surface area contributed by atoms with E-state index in [0.717, 1.165) is 49.9 Å². The standard InChI is InChI=1S/C22H18F6N4O/c23-16-9-13(29-19(33)8-12-4-3-7-15(21(12)25)22(26,27)28)10-17(24)20(16)18-11-32(31-30-18)14-5-1-2-6-14/h3-4,7,9-11,14H,1-2,5-6,8H2,(H,29,33). The lowest BCUT2D eigenvalue weighted by Crippen LogP contribution is -2.17. The molecule has 0 aliphatic heterocycles. The van der Waals surface area contributed by atoms with Crippen LogP contribution >= 0.6 is 0 Å². The van der Waals surface area contributed by atoms with Crippen LogP contribution in [0.15, 0.2) is 36.5 Å². The van der Waals surface area contributed by atoms with E-state index in [0.29, 0.717) is 6.07 Å². The van der Waals surface area contributed by atoms with Crippen LogP contribution in [0.3, 0.4) is 0 Å². The number of nitrogens with zero attached hydrogens (tertiary/aromatic N) is 3. The number of amides is 1. The summed E-state index contributed by atoms with van der Waals surface area (Å²) in [4.78, 5) is 12.2. The van der Waals surface area contributed by atoms with Crippen molar-refractivity contribution in [3.63, 3.8) is 0 Å². The Balaban J connectivity index is 1.50. The number of alkyl halides is 3. The predicted molar refractivity (Wildman–Crippen MR) is 107 cm³/mol. The molecule has 174 valence electrons. The Morgan fingerprint density at radius 3 is 2.39 bits per heavy atom. The number of carbonyl (C=O) groups is 1. The first-order chi connectivity index (χ1) is 15.6. The van der Waals surface area contributed by atoms with Crippen LogP contribution in [0.25, 0.3) is 11.3 Å². The van der Waals surface area contributed by atoms with Crippen molar-refractivity contribution in [1.82, 2.24) is 15.0 Å². The van der Waals surface area contributed by atoms with E-state index in [1.165, 1.54) is 6.20 Å². The van der Waals surface area contributed by atoms with Crippen LogP contribution in [0.5, 0.6) is 0 Å². The van der Waals surface area contributed by atoms with Crippen molar-refractivity contribution >= 4 is 11.6 Å². The van der Waals surface area contributed by atoms with Crippen LogP contribution in [0.1, 0.15) is 42.9 Å². The summed E-state index contributed by atoms with van der Waals surface area (Å²) in [5, 5.41) is 9.98. The molecule has 0 saturated heterocycles. The maximum absolute atomic E-state index is 14.7. The van der Waals surface area contributed by atoms with Gasteiger partial charge in [0.1, 0.15) is 23.1 Å². The number of halogens is 6. The van der Waals surface area contributed by atoms with Gasteiger partial charge in [-0.2, -0.15) is 13.2 Å². The van der Waals surface area contributed by atoms with Crippen LogP contribution in [0.4, 0.5) is 32.0 Å². The van der Waals surface area contributed by atoms with Crippen molar-refractivity contribution in [2.45, 2.75) is 44.3 Å². The fourth-order valence-corrected chi connectivity index (χ4v) is 3.94. The lowest BCUT2D eigenvalue weighted by atomic mass is 10.1. The van der Waals surface area contributed by atoms with E-state index in [-0.39, 0.29) is 17.4 Å². The fourth-order valence-electron chi connectivity index (χ4n) is 3.94. The second kappa shape index (κ2) is 8.87. The van der Waals surface area contributed by atoms with Crippen molar-refractivity contribution in [2.24, 2.45) is 0 Å². The quantitative estimate of drug-likeness (QED) is 0.491. The second-order valence-corrected chi connectivity index (χ2v) is 7.84. The van der Waals surface area contributed by atoms with Gasteiger partial charge in [-0.15, -0.1) is 5.10 Å². The zero-order valence-electron chi connectivity index (χ0n) is 17.1. The number of hydrogen-bond donors (Lipinski definition) is 1. The molecule has 1 aliphatic rings. The van der Waals surface area contributed by atoms with Crippen molar-refractivity contribution in [3.05, 3.63) is 65.1 Å². The molecule has 0 radical (unpaired) electrons. The number of carbonyl (C=O) groups excluding carboxylic acids is 1. The first kappa shape index (κ1) is 22.8. The highest BCUT2D eigenvalue weighted by Crippen LogP contribution is 2.33. The van der Waals surface area contributed by atoms with Gasteiger partial charge in [0, 0.05) is 5.69 Å². The molecule has 1 aliphatic carbocycles. The molecule has 1 fully saturated rings. The first-order valence-corrected chi connectivity index (χ1v) is 10.2. The Morgan fingerprint density at radius 2 is 1.76 bits per heavy atom. The largest absolute Gasteiger partial charge is 0.419 e. The molecule has 1 N–H and O–H groups in total. The minimum Gasteiger partial charge on any atom is -0.326 e. The smallest absolute Gasteiger partial charge is 0.326 e. The summed E-state index contributed by atoms with van der Waals surface area (Å²) in [5.41, 5.74) is -2.68. The van der Waals surface area contributed by atoms with Gasteiger partial charge < -0.3 is 5.32 Å². The third-order valence-corrected chi connectivity index (χ3v) is 5.53. The average Bonchev–Trinajstić information content (AvgIpc) is 3.40. The maximum atomic E-state index is 14.7. The van der Waals surface area contributed by atoms with Gasteiger partial charge in [-0.1, -0.05) is 30.2 Å². The topological polar surface area (TPSA) is 59.8 Å². The van der Waals surface area contributed by atoms with Crippen LogP contribution < -0.4 is 5.32 Å². The normalized spacial score (nSPS) is 14.6. The zero-order valence-corrected chi connectivity index (χ0v) is 17.1. The molecule has 0 spiro atoms. The maximum Gasteiger partial charge on any atom is 0.419 e. The van der Waals surface area contributed by atoms with E-state index in [4.69, 9.17) is 0 Å². The van der Waals surface area contributed by atoms with Crippen LogP contribution in [0.2, 0.25) is 0 Å². The van der Waals surface area contributed by atoms with E-state index in [2.05, 4.69) is 15.6 Å². The highest BCUT2D eigenvalue weighted by atomic mass is 19.4. The molecule has 4 rings (SSSR count). The SMILES string of the molecule is O=C(Cc1cccc(C(F)(F)F)c1F)Nc1cc(F)c(-c2cn(C3CCCC3)nn2)c(F)c1. The summed E-state index contributed by atoms with van der Waals surface area (Å²) < 4.78 is 83.5. The van der Waals surface area contributed by atoms with Crippen LogP contribution in [-0.4, -0.2) is 20.9 Å². The fraction of sp³-hybridized carbons (Fsp3) is 0.318. The number of anilines is 1. The molecule has 1 heterocycles. The highest BCUT2D eigenvalue weighted by molar-refractivity contribution is 5.92. The highest BCUT2D eigenvalue weighted by Gasteiger charge is 2.35. The summed E-state index contributed by atoms with van der Waals surface area (Å²) in [6.45, 7) is 0. The number of aromatic nitrogens is 3. The average molecular weight is 468 g/mol. The first-order valence-electron chi connectivity index (χ1n) is 10.2. The molecule has 1 amide bonds. The summed E-state index contributed by atoms with van der Waals surface area (Å²) in [6.07, 6.45) is -0.306. The van der Waals surface area contributed by atoms with E-state index >= 15 is 0 Å². The molecule has 0 atom stereocenters. The lowest BCUT2D eigenvalue weighted by molar-refractivity contribution is -0.140. The molecular weight excluding hydrogens is 450 g/mol. The van der Waals surface area contributed by atoms with Gasteiger partial charge in [-0.25, -0.2) is 17.9 Å². The van der Waals surface area contributed by atoms with Crippen molar-refractivity contribution < 1.29 is 31.1 Å². The number of nitrogens with one attached hydrogen (secondary N) is 1. The summed E-state index contributed by atoms with van der Waals surface area (Å²) in [5.74, 6) is -4.52. The van der Waals surface area contributed by atoms with Crippen molar-refractivity contribution in [1.29, 1.82) is 0 Å². The van der Waals surface area contributed by atoms with E-state index in [1.807, 2.05) is 0 Å². The Morgan fingerprint density at radius 1 is 1.09 bits per heavy atom. The van der Waals surface area contributed by atoms with E-state index in [9.17, 15) is 31.1 Å². The van der Waals surface area contributed by atoms with Gasteiger partial charge in [-0.05, 0) is 36.6 Å². The molecule has 0 bridgehead atoms. The Labute approximate surface area is 184 Å². The van der Waals surface area contributed by atoms with Crippen LogP contribution in [0, 0.1) is 17.5 Å². The summed E-state index contributed by atoms with van der Waals surface area (Å²) >= 11 is 0. The van der Waals surface area contributed by atoms with Gasteiger partial charge in [0.2, 0.25) is 5.91 Å². The minimum atomic E-state index is -4.92.